The third kappa shape index (κ3) is 4.24. The fourth-order valence-electron chi connectivity index (χ4n) is 1.50. The zero-order valence-corrected chi connectivity index (χ0v) is 9.46. The van der Waals surface area contributed by atoms with Crippen molar-refractivity contribution in [3.05, 3.63) is 35.9 Å². The molecule has 1 amide bonds. The molecule has 3 N–H and O–H groups in total. The highest BCUT2D eigenvalue weighted by Gasteiger charge is 2.22. The second-order valence-corrected chi connectivity index (χ2v) is 3.75. The van der Waals surface area contributed by atoms with Gasteiger partial charge in [0.15, 0.2) is 0 Å². The Labute approximate surface area is 99.1 Å². The number of aliphatic hydroxyl groups excluding tert-OH is 1. The molecule has 0 radical (unpaired) electrons. The second kappa shape index (κ2) is 6.00. The van der Waals surface area contributed by atoms with Crippen molar-refractivity contribution >= 4 is 11.9 Å². The van der Waals surface area contributed by atoms with Crippen molar-refractivity contribution in [1.29, 1.82) is 0 Å². The van der Waals surface area contributed by atoms with Gasteiger partial charge in [0.2, 0.25) is 5.91 Å². The monoisotopic (exact) mass is 237 g/mol. The molecule has 5 nitrogen and oxygen atoms in total. The Kier molecular flexibility index (Phi) is 4.66. The van der Waals surface area contributed by atoms with Crippen LogP contribution >= 0.6 is 0 Å². The van der Waals surface area contributed by atoms with Crippen LogP contribution in [0.4, 0.5) is 0 Å². The Morgan fingerprint density at radius 1 is 1.29 bits per heavy atom. The number of aliphatic hydroxyl groups is 1. The van der Waals surface area contributed by atoms with Crippen molar-refractivity contribution in [2.45, 2.75) is 25.5 Å². The van der Waals surface area contributed by atoms with Crippen LogP contribution in [0.25, 0.3) is 0 Å². The fourth-order valence-corrected chi connectivity index (χ4v) is 1.50. The van der Waals surface area contributed by atoms with Crippen molar-refractivity contribution < 1.29 is 19.8 Å². The number of carbonyl (C=O) groups excluding carboxylic acids is 1. The van der Waals surface area contributed by atoms with Gasteiger partial charge in [-0.15, -0.1) is 0 Å². The number of nitrogens with one attached hydrogen (secondary N) is 1. The summed E-state index contributed by atoms with van der Waals surface area (Å²) in [5.41, 5.74) is 0.629. The molecule has 0 aliphatic rings. The lowest BCUT2D eigenvalue weighted by Gasteiger charge is -2.17. The van der Waals surface area contributed by atoms with Gasteiger partial charge in [-0.2, -0.15) is 0 Å². The van der Waals surface area contributed by atoms with Crippen molar-refractivity contribution in [1.82, 2.24) is 5.32 Å². The van der Waals surface area contributed by atoms with Gasteiger partial charge >= 0.3 is 5.97 Å². The lowest BCUT2D eigenvalue weighted by molar-refractivity contribution is -0.142. The van der Waals surface area contributed by atoms with Crippen molar-refractivity contribution in [3.8, 4) is 0 Å². The van der Waals surface area contributed by atoms with E-state index in [0.717, 1.165) is 0 Å². The van der Waals surface area contributed by atoms with E-state index < -0.39 is 24.0 Å². The SMILES string of the molecule is CC(=O)NC(CC(O)c1ccccc1)C(=O)O. The number of hydrogen-bond donors (Lipinski definition) is 3. The summed E-state index contributed by atoms with van der Waals surface area (Å²) in [5.74, 6) is -1.59. The standard InChI is InChI=1S/C12H15NO4/c1-8(14)13-10(12(16)17)7-11(15)9-5-3-2-4-6-9/h2-6,10-11,15H,7H2,1H3,(H,13,14)(H,16,17). The molecular weight excluding hydrogens is 222 g/mol. The van der Waals surface area contributed by atoms with Crippen LogP contribution < -0.4 is 5.32 Å². The summed E-state index contributed by atoms with van der Waals surface area (Å²) in [5, 5.41) is 21.0. The molecule has 2 unspecified atom stereocenters. The van der Waals surface area contributed by atoms with Gasteiger partial charge in [0, 0.05) is 13.3 Å². The topological polar surface area (TPSA) is 86.6 Å². The molecule has 0 saturated heterocycles. The van der Waals surface area contributed by atoms with Gasteiger partial charge in [-0.3, -0.25) is 4.79 Å². The largest absolute Gasteiger partial charge is 0.480 e. The molecule has 0 aliphatic carbocycles. The van der Waals surface area contributed by atoms with Crippen molar-refractivity contribution in [2.24, 2.45) is 0 Å². The van der Waals surface area contributed by atoms with Crippen molar-refractivity contribution in [3.63, 3.8) is 0 Å². The summed E-state index contributed by atoms with van der Waals surface area (Å²) >= 11 is 0. The first-order valence-electron chi connectivity index (χ1n) is 5.23. The third-order valence-corrected chi connectivity index (χ3v) is 2.32. The molecule has 0 fully saturated rings. The van der Waals surface area contributed by atoms with Crippen LogP contribution in [0, 0.1) is 0 Å². The number of hydrogen-bond acceptors (Lipinski definition) is 3. The quantitative estimate of drug-likeness (QED) is 0.703. The highest BCUT2D eigenvalue weighted by Crippen LogP contribution is 2.17. The van der Waals surface area contributed by atoms with Gasteiger partial charge in [0.1, 0.15) is 6.04 Å². The first kappa shape index (κ1) is 13.2. The summed E-state index contributed by atoms with van der Waals surface area (Å²) in [4.78, 5) is 21.7. The minimum Gasteiger partial charge on any atom is -0.480 e. The van der Waals surface area contributed by atoms with E-state index in [-0.39, 0.29) is 6.42 Å². The molecule has 5 heteroatoms. The fraction of sp³-hybridized carbons (Fsp3) is 0.333. The number of carboxylic acid groups (broad SMARTS) is 1. The van der Waals surface area contributed by atoms with E-state index in [0.29, 0.717) is 5.56 Å². The van der Waals surface area contributed by atoms with Crippen LogP contribution in [0.1, 0.15) is 25.0 Å². The van der Waals surface area contributed by atoms with Crippen LogP contribution in [-0.4, -0.2) is 28.1 Å². The Morgan fingerprint density at radius 3 is 2.35 bits per heavy atom. The predicted octanol–water partition coefficient (Wildman–Crippen LogP) is 0.699. The second-order valence-electron chi connectivity index (χ2n) is 3.75. The number of aliphatic carboxylic acids is 1. The molecule has 0 saturated carbocycles. The summed E-state index contributed by atoms with van der Waals surface area (Å²) in [6.07, 6.45) is -0.969. The molecule has 17 heavy (non-hydrogen) atoms. The summed E-state index contributed by atoms with van der Waals surface area (Å²) in [7, 11) is 0. The van der Waals surface area contributed by atoms with Gasteiger partial charge < -0.3 is 15.5 Å². The van der Waals surface area contributed by atoms with Crippen molar-refractivity contribution in [2.75, 3.05) is 0 Å². The summed E-state index contributed by atoms with van der Waals surface area (Å²) in [6, 6.07) is 7.65. The van der Waals surface area contributed by atoms with Crippen LogP contribution in [0.15, 0.2) is 30.3 Å². The van der Waals surface area contributed by atoms with Crippen LogP contribution in [0.2, 0.25) is 0 Å². The first-order chi connectivity index (χ1) is 8.00. The summed E-state index contributed by atoms with van der Waals surface area (Å²) in [6.45, 7) is 1.24. The third-order valence-electron chi connectivity index (χ3n) is 2.32. The number of benzene rings is 1. The summed E-state index contributed by atoms with van der Waals surface area (Å²) < 4.78 is 0. The maximum absolute atomic E-state index is 10.9. The van der Waals surface area contributed by atoms with Gasteiger partial charge in [0.25, 0.3) is 0 Å². The zero-order chi connectivity index (χ0) is 12.8. The Balaban J connectivity index is 2.67. The minimum absolute atomic E-state index is 0.0566. The van der Waals surface area contributed by atoms with Gasteiger partial charge in [-0.25, -0.2) is 4.79 Å². The molecule has 1 aromatic carbocycles. The van der Waals surface area contributed by atoms with E-state index in [4.69, 9.17) is 5.11 Å². The molecule has 92 valence electrons. The molecule has 1 aromatic rings. The normalized spacial score (nSPS) is 13.8. The maximum Gasteiger partial charge on any atom is 0.326 e. The van der Waals surface area contributed by atoms with Crippen LogP contribution in [0.3, 0.4) is 0 Å². The lowest BCUT2D eigenvalue weighted by Crippen LogP contribution is -2.40. The lowest BCUT2D eigenvalue weighted by atomic mass is 10.0. The van der Waals surface area contributed by atoms with Crippen LogP contribution in [0.5, 0.6) is 0 Å². The number of rotatable bonds is 5. The Morgan fingerprint density at radius 2 is 1.88 bits per heavy atom. The van der Waals surface area contributed by atoms with Gasteiger partial charge in [-0.1, -0.05) is 30.3 Å². The Bertz CT molecular complexity index is 391. The first-order valence-corrected chi connectivity index (χ1v) is 5.23. The molecule has 1 rings (SSSR count). The van der Waals surface area contributed by atoms with E-state index in [9.17, 15) is 14.7 Å². The minimum atomic E-state index is -1.16. The molecule has 0 bridgehead atoms. The number of amides is 1. The molecule has 2 atom stereocenters. The average Bonchev–Trinajstić information content (AvgIpc) is 2.28. The van der Waals surface area contributed by atoms with E-state index in [1.807, 2.05) is 0 Å². The molecule has 0 heterocycles. The van der Waals surface area contributed by atoms with Crippen LogP contribution in [-0.2, 0) is 9.59 Å². The molecule has 0 aliphatic heterocycles. The molecule has 0 aromatic heterocycles. The number of carboxylic acids is 1. The van der Waals surface area contributed by atoms with Gasteiger partial charge in [0.05, 0.1) is 6.10 Å². The molecule has 0 spiro atoms. The smallest absolute Gasteiger partial charge is 0.326 e. The maximum atomic E-state index is 10.9. The Hall–Kier alpha value is -1.88. The van der Waals surface area contributed by atoms with Gasteiger partial charge in [-0.05, 0) is 5.56 Å². The average molecular weight is 237 g/mol. The van der Waals surface area contributed by atoms with E-state index in [1.54, 1.807) is 30.3 Å². The van der Waals surface area contributed by atoms with E-state index >= 15 is 0 Å². The van der Waals surface area contributed by atoms with E-state index in [1.165, 1.54) is 6.92 Å². The highest BCUT2D eigenvalue weighted by atomic mass is 16.4. The molecular formula is C12H15NO4. The number of carbonyl (C=O) groups is 2. The zero-order valence-electron chi connectivity index (χ0n) is 9.46. The predicted molar refractivity (Wildman–Crippen MR) is 61.3 cm³/mol. The van der Waals surface area contributed by atoms with E-state index in [2.05, 4.69) is 5.32 Å². The highest BCUT2D eigenvalue weighted by molar-refractivity contribution is 5.82.